The van der Waals surface area contributed by atoms with Gasteiger partial charge in [0.2, 0.25) is 0 Å². The van der Waals surface area contributed by atoms with Gasteiger partial charge >= 0.3 is 12.4 Å². The minimum absolute atomic E-state index is 0.114. The van der Waals surface area contributed by atoms with Gasteiger partial charge in [-0.2, -0.15) is 36.9 Å². The number of allylic oxidation sites excluding steroid dienone is 4. The molecule has 1 aliphatic rings. The molecule has 0 bridgehead atoms. The number of halogens is 6. The second-order valence-electron chi connectivity index (χ2n) is 4.94. The average Bonchev–Trinajstić information content (AvgIpc) is 2.78. The number of nitrogens with zero attached hydrogens (tertiary/aromatic N) is 2. The standard InChI is InChI=1S/C16H6F6N2O/c1-2-8-13(7(5-23)6-24)9-3-11(15(17,18)19)12(16(20,21)22)4-10(9)14(8)25/h2-4H,1H3/b8-2+. The van der Waals surface area contributed by atoms with Crippen LogP contribution in [0.15, 0.2) is 29.4 Å². The zero-order valence-electron chi connectivity index (χ0n) is 12.3. The summed E-state index contributed by atoms with van der Waals surface area (Å²) in [5, 5.41) is 17.9. The molecule has 0 radical (unpaired) electrons. The van der Waals surface area contributed by atoms with E-state index < -0.39 is 51.5 Å². The molecule has 128 valence electrons. The van der Waals surface area contributed by atoms with E-state index in [0.717, 1.165) is 6.08 Å². The van der Waals surface area contributed by atoms with Crippen molar-refractivity contribution in [2.24, 2.45) is 0 Å². The van der Waals surface area contributed by atoms with Crippen LogP contribution in [0.1, 0.15) is 34.0 Å². The van der Waals surface area contributed by atoms with Crippen molar-refractivity contribution in [3.8, 4) is 12.1 Å². The molecule has 0 spiro atoms. The Morgan fingerprint density at radius 3 is 1.76 bits per heavy atom. The molecule has 0 atom stereocenters. The fourth-order valence-corrected chi connectivity index (χ4v) is 2.55. The molecule has 0 fully saturated rings. The number of Topliss-reactive ketones (excluding diaryl/α,β-unsaturated/α-hetero) is 1. The summed E-state index contributed by atoms with van der Waals surface area (Å²) in [6.07, 6.45) is -9.55. The van der Waals surface area contributed by atoms with E-state index in [0.29, 0.717) is 0 Å². The molecule has 3 nitrogen and oxygen atoms in total. The van der Waals surface area contributed by atoms with E-state index in [1.54, 1.807) is 0 Å². The lowest BCUT2D eigenvalue weighted by Gasteiger charge is -2.17. The van der Waals surface area contributed by atoms with Gasteiger partial charge in [-0.3, -0.25) is 4.79 Å². The minimum atomic E-state index is -5.34. The van der Waals surface area contributed by atoms with Crippen LogP contribution in [-0.4, -0.2) is 5.78 Å². The van der Waals surface area contributed by atoms with E-state index in [1.165, 1.54) is 19.1 Å². The Balaban J connectivity index is 3.00. The summed E-state index contributed by atoms with van der Waals surface area (Å²) in [7, 11) is 0. The number of fused-ring (bicyclic) bond motifs is 1. The van der Waals surface area contributed by atoms with Crippen LogP contribution in [0.25, 0.3) is 5.57 Å². The molecule has 0 aliphatic heterocycles. The van der Waals surface area contributed by atoms with Crippen LogP contribution in [-0.2, 0) is 12.4 Å². The Bertz CT molecular complexity index is 904. The van der Waals surface area contributed by atoms with Gasteiger partial charge in [0, 0.05) is 16.7 Å². The van der Waals surface area contributed by atoms with Crippen molar-refractivity contribution in [1.82, 2.24) is 0 Å². The molecule has 0 amide bonds. The number of rotatable bonds is 0. The maximum absolute atomic E-state index is 13.1. The third-order valence-electron chi connectivity index (χ3n) is 3.56. The molecule has 0 N–H and O–H groups in total. The highest BCUT2D eigenvalue weighted by molar-refractivity contribution is 6.27. The number of carbonyl (C=O) groups excluding carboxylic acids is 1. The Labute approximate surface area is 137 Å². The van der Waals surface area contributed by atoms with Gasteiger partial charge in [-0.05, 0) is 24.6 Å². The maximum atomic E-state index is 13.1. The quantitative estimate of drug-likeness (QED) is 0.386. The highest BCUT2D eigenvalue weighted by atomic mass is 19.4. The second kappa shape index (κ2) is 5.78. The molecule has 1 aromatic carbocycles. The summed E-state index contributed by atoms with van der Waals surface area (Å²) < 4.78 is 78.2. The number of alkyl halides is 6. The fraction of sp³-hybridized carbons (Fsp3) is 0.188. The van der Waals surface area contributed by atoms with Gasteiger partial charge in [-0.15, -0.1) is 0 Å². The maximum Gasteiger partial charge on any atom is 0.417 e. The summed E-state index contributed by atoms with van der Waals surface area (Å²) in [4.78, 5) is 12.2. The molecule has 25 heavy (non-hydrogen) atoms. The van der Waals surface area contributed by atoms with Gasteiger partial charge in [0.1, 0.15) is 17.7 Å². The third kappa shape index (κ3) is 2.89. The molecule has 1 aliphatic carbocycles. The second-order valence-corrected chi connectivity index (χ2v) is 4.94. The van der Waals surface area contributed by atoms with Gasteiger partial charge in [-0.25, -0.2) is 0 Å². The lowest BCUT2D eigenvalue weighted by Crippen LogP contribution is -2.17. The van der Waals surface area contributed by atoms with Crippen LogP contribution in [0.3, 0.4) is 0 Å². The highest BCUT2D eigenvalue weighted by Crippen LogP contribution is 2.46. The van der Waals surface area contributed by atoms with Crippen molar-refractivity contribution in [2.45, 2.75) is 19.3 Å². The highest BCUT2D eigenvalue weighted by Gasteiger charge is 2.46. The number of benzene rings is 1. The molecule has 9 heteroatoms. The molecule has 0 unspecified atom stereocenters. The van der Waals surface area contributed by atoms with Crippen LogP contribution in [0.4, 0.5) is 26.3 Å². The SMILES string of the molecule is C/C=C1/C(=O)c2cc(C(F)(F)F)c(C(F)(F)F)cc2C1=C(C#N)C#N. The van der Waals surface area contributed by atoms with E-state index in [9.17, 15) is 31.1 Å². The average molecular weight is 356 g/mol. The molecule has 0 saturated carbocycles. The molecule has 0 aromatic heterocycles. The molecule has 0 saturated heterocycles. The van der Waals surface area contributed by atoms with Crippen molar-refractivity contribution >= 4 is 11.4 Å². The largest absolute Gasteiger partial charge is 0.417 e. The number of hydrogen-bond acceptors (Lipinski definition) is 3. The van der Waals surface area contributed by atoms with Crippen LogP contribution < -0.4 is 0 Å². The first-order valence-corrected chi connectivity index (χ1v) is 6.56. The summed E-state index contributed by atoms with van der Waals surface area (Å²) in [5.41, 5.74) is -6.49. The van der Waals surface area contributed by atoms with Crippen LogP contribution in [0.2, 0.25) is 0 Å². The zero-order chi connectivity index (χ0) is 19.2. The van der Waals surface area contributed by atoms with E-state index in [4.69, 9.17) is 10.5 Å². The van der Waals surface area contributed by atoms with Gasteiger partial charge in [0.25, 0.3) is 0 Å². The Kier molecular flexibility index (Phi) is 4.22. The topological polar surface area (TPSA) is 64.7 Å². The van der Waals surface area contributed by atoms with Crippen LogP contribution in [0, 0.1) is 22.7 Å². The van der Waals surface area contributed by atoms with Crippen LogP contribution >= 0.6 is 0 Å². The number of carbonyl (C=O) groups is 1. The minimum Gasteiger partial charge on any atom is -0.289 e. The van der Waals surface area contributed by atoms with E-state index >= 15 is 0 Å². The van der Waals surface area contributed by atoms with Crippen molar-refractivity contribution in [3.63, 3.8) is 0 Å². The normalized spacial score (nSPS) is 15.8. The summed E-state index contributed by atoms with van der Waals surface area (Å²) in [5.74, 6) is -0.977. The Hall–Kier alpha value is -3.07. The summed E-state index contributed by atoms with van der Waals surface area (Å²) >= 11 is 0. The Morgan fingerprint density at radius 1 is 0.960 bits per heavy atom. The third-order valence-corrected chi connectivity index (χ3v) is 3.56. The van der Waals surface area contributed by atoms with Gasteiger partial charge in [-0.1, -0.05) is 6.08 Å². The first-order chi connectivity index (χ1) is 11.5. The molecular formula is C16H6F6N2O. The monoisotopic (exact) mass is 356 g/mol. The first-order valence-electron chi connectivity index (χ1n) is 6.56. The lowest BCUT2D eigenvalue weighted by atomic mass is 9.95. The molecule has 1 aromatic rings. The Morgan fingerprint density at radius 2 is 1.40 bits per heavy atom. The predicted molar refractivity (Wildman–Crippen MR) is 72.7 cm³/mol. The zero-order valence-corrected chi connectivity index (χ0v) is 12.3. The van der Waals surface area contributed by atoms with Gasteiger partial charge in [0.15, 0.2) is 5.78 Å². The van der Waals surface area contributed by atoms with Crippen molar-refractivity contribution in [2.75, 3.05) is 0 Å². The van der Waals surface area contributed by atoms with E-state index in [-0.39, 0.29) is 17.7 Å². The van der Waals surface area contributed by atoms with Crippen molar-refractivity contribution < 1.29 is 31.1 Å². The van der Waals surface area contributed by atoms with Gasteiger partial charge < -0.3 is 0 Å². The smallest absolute Gasteiger partial charge is 0.289 e. The molecule has 2 rings (SSSR count). The lowest BCUT2D eigenvalue weighted by molar-refractivity contribution is -0.162. The molecular weight excluding hydrogens is 350 g/mol. The number of nitriles is 2. The van der Waals surface area contributed by atoms with E-state index in [2.05, 4.69) is 0 Å². The van der Waals surface area contributed by atoms with Gasteiger partial charge in [0.05, 0.1) is 11.1 Å². The van der Waals surface area contributed by atoms with Crippen molar-refractivity contribution in [1.29, 1.82) is 10.5 Å². The fourth-order valence-electron chi connectivity index (χ4n) is 2.55. The predicted octanol–water partition coefficient (Wildman–Crippen LogP) is 4.67. The first kappa shape index (κ1) is 18.3. The number of ketones is 1. The summed E-state index contributed by atoms with van der Waals surface area (Å²) in [6.45, 7) is 1.32. The van der Waals surface area contributed by atoms with E-state index in [1.807, 2.05) is 0 Å². The van der Waals surface area contributed by atoms with Crippen molar-refractivity contribution in [3.05, 3.63) is 51.6 Å². The summed E-state index contributed by atoms with van der Waals surface area (Å²) in [6, 6.07) is 3.17. The number of hydrogen-bond donors (Lipinski definition) is 0. The van der Waals surface area contributed by atoms with Crippen LogP contribution in [0.5, 0.6) is 0 Å². The molecule has 0 heterocycles.